The quantitative estimate of drug-likeness (QED) is 0.632. The number of aliphatic hydroxyl groups excluding tert-OH is 1. The molecule has 0 amide bonds. The summed E-state index contributed by atoms with van der Waals surface area (Å²) in [5, 5.41) is 8.57. The summed E-state index contributed by atoms with van der Waals surface area (Å²) in [6.45, 7) is 1.01. The lowest BCUT2D eigenvalue weighted by Crippen LogP contribution is -2.39. The van der Waals surface area contributed by atoms with E-state index in [-0.39, 0.29) is 18.8 Å². The molecular weight excluding hydrogens is 166 g/mol. The van der Waals surface area contributed by atoms with Crippen LogP contribution in [-0.4, -0.2) is 30.5 Å². The molecule has 0 aromatic carbocycles. The molecule has 1 fully saturated rings. The average Bonchev–Trinajstić information content (AvgIpc) is 2.15. The molecule has 3 nitrogen and oxygen atoms in total. The predicted molar refractivity (Wildman–Crippen MR) is 52.5 cm³/mol. The van der Waals surface area contributed by atoms with E-state index in [9.17, 15) is 0 Å². The minimum atomic E-state index is 0.239. The van der Waals surface area contributed by atoms with E-state index in [0.717, 1.165) is 32.3 Å². The van der Waals surface area contributed by atoms with Crippen molar-refractivity contribution in [2.45, 2.75) is 50.7 Å². The van der Waals surface area contributed by atoms with Gasteiger partial charge in [0.2, 0.25) is 0 Å². The minimum Gasteiger partial charge on any atom is -0.396 e. The standard InChI is InChI=1S/C10H21NO2/c11-9-5-1-2-6-10(9)13-8-4-3-7-12/h9-10,12H,1-8,11H2. The molecule has 78 valence electrons. The summed E-state index contributed by atoms with van der Waals surface area (Å²) in [6, 6.07) is 0.239. The Bertz CT molecular complexity index is 130. The van der Waals surface area contributed by atoms with Crippen LogP contribution in [0, 0.1) is 0 Å². The molecule has 13 heavy (non-hydrogen) atoms. The zero-order valence-electron chi connectivity index (χ0n) is 8.24. The molecule has 1 aliphatic carbocycles. The summed E-state index contributed by atoms with van der Waals surface area (Å²) in [6.07, 6.45) is 6.76. The zero-order valence-corrected chi connectivity index (χ0v) is 8.24. The molecule has 3 N–H and O–H groups in total. The molecule has 1 rings (SSSR count). The second-order valence-corrected chi connectivity index (χ2v) is 3.79. The Morgan fingerprint density at radius 3 is 2.69 bits per heavy atom. The molecule has 0 aromatic rings. The van der Waals surface area contributed by atoms with Crippen LogP contribution in [0.15, 0.2) is 0 Å². The first-order chi connectivity index (χ1) is 6.34. The fourth-order valence-corrected chi connectivity index (χ4v) is 1.78. The van der Waals surface area contributed by atoms with Crippen molar-refractivity contribution in [3.8, 4) is 0 Å². The number of ether oxygens (including phenoxy) is 1. The van der Waals surface area contributed by atoms with Crippen LogP contribution in [0.1, 0.15) is 38.5 Å². The lowest BCUT2D eigenvalue weighted by molar-refractivity contribution is 0.0120. The van der Waals surface area contributed by atoms with Crippen LogP contribution in [-0.2, 0) is 4.74 Å². The molecule has 0 spiro atoms. The van der Waals surface area contributed by atoms with Gasteiger partial charge in [-0.05, 0) is 25.7 Å². The van der Waals surface area contributed by atoms with Crippen molar-refractivity contribution in [1.29, 1.82) is 0 Å². The van der Waals surface area contributed by atoms with Crippen LogP contribution in [0.4, 0.5) is 0 Å². The second-order valence-electron chi connectivity index (χ2n) is 3.79. The van der Waals surface area contributed by atoms with Crippen molar-refractivity contribution < 1.29 is 9.84 Å². The molecule has 3 heteroatoms. The summed E-state index contributed by atoms with van der Waals surface area (Å²) in [5.74, 6) is 0. The van der Waals surface area contributed by atoms with E-state index in [1.165, 1.54) is 12.8 Å². The van der Waals surface area contributed by atoms with Crippen LogP contribution in [0.2, 0.25) is 0 Å². The van der Waals surface area contributed by atoms with Crippen LogP contribution in [0.5, 0.6) is 0 Å². The molecule has 0 heterocycles. The van der Waals surface area contributed by atoms with Crippen LogP contribution in [0.25, 0.3) is 0 Å². The summed E-state index contributed by atoms with van der Waals surface area (Å²) < 4.78 is 5.66. The van der Waals surface area contributed by atoms with Crippen molar-refractivity contribution in [1.82, 2.24) is 0 Å². The van der Waals surface area contributed by atoms with E-state index >= 15 is 0 Å². The Labute approximate surface area is 80.3 Å². The predicted octanol–water partition coefficient (Wildman–Crippen LogP) is 1.05. The molecule has 2 unspecified atom stereocenters. The molecule has 1 saturated carbocycles. The molecule has 1 aliphatic rings. The maximum absolute atomic E-state index is 8.57. The van der Waals surface area contributed by atoms with Gasteiger partial charge in [-0.3, -0.25) is 0 Å². The second kappa shape index (κ2) is 6.35. The molecular formula is C10H21NO2. The van der Waals surface area contributed by atoms with Crippen molar-refractivity contribution in [2.24, 2.45) is 5.73 Å². The topological polar surface area (TPSA) is 55.5 Å². The Hall–Kier alpha value is -0.120. The fraction of sp³-hybridized carbons (Fsp3) is 1.00. The summed E-state index contributed by atoms with van der Waals surface area (Å²) >= 11 is 0. The van der Waals surface area contributed by atoms with Gasteiger partial charge in [-0.15, -0.1) is 0 Å². The van der Waals surface area contributed by atoms with Gasteiger partial charge in [-0.25, -0.2) is 0 Å². The molecule has 0 radical (unpaired) electrons. The first kappa shape index (κ1) is 11.0. The number of nitrogens with two attached hydrogens (primary N) is 1. The lowest BCUT2D eigenvalue weighted by atomic mass is 9.93. The van der Waals surface area contributed by atoms with Gasteiger partial charge < -0.3 is 15.6 Å². The fourth-order valence-electron chi connectivity index (χ4n) is 1.78. The van der Waals surface area contributed by atoms with Gasteiger partial charge in [0.05, 0.1) is 6.10 Å². The summed E-state index contributed by atoms with van der Waals surface area (Å²) in [5.41, 5.74) is 5.92. The highest BCUT2D eigenvalue weighted by molar-refractivity contribution is 4.78. The highest BCUT2D eigenvalue weighted by Crippen LogP contribution is 2.19. The summed E-state index contributed by atoms with van der Waals surface area (Å²) in [4.78, 5) is 0. The Balaban J connectivity index is 2.05. The molecule has 0 aromatic heterocycles. The normalized spacial score (nSPS) is 29.1. The smallest absolute Gasteiger partial charge is 0.0725 e. The maximum Gasteiger partial charge on any atom is 0.0725 e. The van der Waals surface area contributed by atoms with E-state index in [0.29, 0.717) is 0 Å². The SMILES string of the molecule is NC1CCCCC1OCCCCO. The van der Waals surface area contributed by atoms with Crippen molar-refractivity contribution >= 4 is 0 Å². The van der Waals surface area contributed by atoms with E-state index < -0.39 is 0 Å². The van der Waals surface area contributed by atoms with Gasteiger partial charge in [-0.2, -0.15) is 0 Å². The minimum absolute atomic E-state index is 0.239. The van der Waals surface area contributed by atoms with E-state index in [2.05, 4.69) is 0 Å². The maximum atomic E-state index is 8.57. The van der Waals surface area contributed by atoms with Gasteiger partial charge in [-0.1, -0.05) is 12.8 Å². The van der Waals surface area contributed by atoms with Crippen LogP contribution < -0.4 is 5.73 Å². The Morgan fingerprint density at radius 1 is 1.23 bits per heavy atom. The third-order valence-corrected chi connectivity index (χ3v) is 2.64. The number of aliphatic hydroxyl groups is 1. The number of hydrogen-bond donors (Lipinski definition) is 2. The third kappa shape index (κ3) is 4.07. The molecule has 0 bridgehead atoms. The number of rotatable bonds is 5. The van der Waals surface area contributed by atoms with Gasteiger partial charge >= 0.3 is 0 Å². The Kier molecular flexibility index (Phi) is 5.35. The largest absolute Gasteiger partial charge is 0.396 e. The highest BCUT2D eigenvalue weighted by Gasteiger charge is 2.21. The third-order valence-electron chi connectivity index (χ3n) is 2.64. The van der Waals surface area contributed by atoms with Gasteiger partial charge in [0, 0.05) is 19.3 Å². The van der Waals surface area contributed by atoms with Crippen LogP contribution >= 0.6 is 0 Å². The molecule has 2 atom stereocenters. The zero-order chi connectivity index (χ0) is 9.52. The Morgan fingerprint density at radius 2 is 2.00 bits per heavy atom. The highest BCUT2D eigenvalue weighted by atomic mass is 16.5. The monoisotopic (exact) mass is 187 g/mol. The molecule has 0 saturated heterocycles. The van der Waals surface area contributed by atoms with Gasteiger partial charge in [0.25, 0.3) is 0 Å². The van der Waals surface area contributed by atoms with Gasteiger partial charge in [0.15, 0.2) is 0 Å². The lowest BCUT2D eigenvalue weighted by Gasteiger charge is -2.28. The van der Waals surface area contributed by atoms with Crippen molar-refractivity contribution in [2.75, 3.05) is 13.2 Å². The van der Waals surface area contributed by atoms with E-state index in [4.69, 9.17) is 15.6 Å². The van der Waals surface area contributed by atoms with E-state index in [1.807, 2.05) is 0 Å². The first-order valence-corrected chi connectivity index (χ1v) is 5.32. The van der Waals surface area contributed by atoms with E-state index in [1.54, 1.807) is 0 Å². The van der Waals surface area contributed by atoms with Crippen LogP contribution in [0.3, 0.4) is 0 Å². The van der Waals surface area contributed by atoms with Gasteiger partial charge in [0.1, 0.15) is 0 Å². The number of unbranched alkanes of at least 4 members (excludes halogenated alkanes) is 1. The first-order valence-electron chi connectivity index (χ1n) is 5.32. The van der Waals surface area contributed by atoms with Crippen molar-refractivity contribution in [3.63, 3.8) is 0 Å². The van der Waals surface area contributed by atoms with Crippen molar-refractivity contribution in [3.05, 3.63) is 0 Å². The molecule has 0 aliphatic heterocycles. The number of hydrogen-bond acceptors (Lipinski definition) is 3. The average molecular weight is 187 g/mol. The summed E-state index contributed by atoms with van der Waals surface area (Å²) in [7, 11) is 0.